The zero-order valence-corrected chi connectivity index (χ0v) is 14.4. The maximum absolute atomic E-state index is 12.0. The Hall–Kier alpha value is -1.55. The van der Waals surface area contributed by atoms with Crippen LogP contribution in [-0.2, 0) is 0 Å². The molecule has 1 aliphatic heterocycles. The molecule has 0 aliphatic carbocycles. The van der Waals surface area contributed by atoms with E-state index in [1.54, 1.807) is 0 Å². The van der Waals surface area contributed by atoms with Crippen LogP contribution in [0.3, 0.4) is 0 Å². The minimum atomic E-state index is 0.00343. The maximum Gasteiger partial charge on any atom is 0.321 e. The van der Waals surface area contributed by atoms with Crippen molar-refractivity contribution in [1.29, 1.82) is 0 Å². The molecule has 1 N–H and O–H groups in total. The van der Waals surface area contributed by atoms with Gasteiger partial charge in [0.1, 0.15) is 0 Å². The lowest BCUT2D eigenvalue weighted by Gasteiger charge is -2.32. The number of hydrogen-bond donors (Lipinski definition) is 1. The van der Waals surface area contributed by atoms with Crippen molar-refractivity contribution in [3.05, 3.63) is 29.8 Å². The highest BCUT2D eigenvalue weighted by Gasteiger charge is 2.18. The monoisotopic (exact) mass is 293 g/mol. The van der Waals surface area contributed by atoms with Gasteiger partial charge in [0.05, 0.1) is 0 Å². The highest BCUT2D eigenvalue weighted by Crippen LogP contribution is 2.11. The maximum atomic E-state index is 12.0. The van der Waals surface area contributed by atoms with Crippen LogP contribution in [-0.4, -0.2) is 49.1 Å². The molecule has 0 bridgehead atoms. The molecular weight excluding hydrogens is 262 g/mol. The van der Waals surface area contributed by atoms with E-state index in [0.717, 1.165) is 37.4 Å². The molecule has 0 radical (unpaired) electrons. The number of nitrogens with one attached hydrogen (secondary N) is 1. The molecule has 4 nitrogen and oxygen atoms in total. The average Bonchev–Trinajstić information content (AvgIpc) is 2.52. The van der Waals surface area contributed by atoms with E-state index in [2.05, 4.69) is 17.3 Å². The van der Waals surface area contributed by atoms with Crippen molar-refractivity contribution in [2.75, 3.05) is 38.5 Å². The van der Waals surface area contributed by atoms with Crippen molar-refractivity contribution in [2.24, 2.45) is 0 Å². The number of carbonyl (C=O) groups excluding carboxylic acids is 1. The second-order valence-corrected chi connectivity index (χ2v) is 4.59. The van der Waals surface area contributed by atoms with Crippen LogP contribution in [0, 0.1) is 6.92 Å². The van der Waals surface area contributed by atoms with E-state index in [9.17, 15) is 4.79 Å². The molecule has 1 aliphatic rings. The van der Waals surface area contributed by atoms with E-state index >= 15 is 0 Å². The fourth-order valence-corrected chi connectivity index (χ4v) is 1.93. The average molecular weight is 293 g/mol. The summed E-state index contributed by atoms with van der Waals surface area (Å²) in [6.07, 6.45) is 0. The van der Waals surface area contributed by atoms with E-state index in [1.165, 1.54) is 0 Å². The zero-order valence-electron chi connectivity index (χ0n) is 14.4. The second kappa shape index (κ2) is 11.1. The van der Waals surface area contributed by atoms with Gasteiger partial charge in [-0.05, 0) is 31.7 Å². The van der Waals surface area contributed by atoms with Crippen molar-refractivity contribution >= 4 is 11.7 Å². The number of benzene rings is 1. The minimum Gasteiger partial charge on any atom is -0.322 e. The summed E-state index contributed by atoms with van der Waals surface area (Å²) < 4.78 is 0. The zero-order chi connectivity index (χ0) is 16.3. The summed E-state index contributed by atoms with van der Waals surface area (Å²) in [4.78, 5) is 16.1. The van der Waals surface area contributed by atoms with E-state index < -0.39 is 0 Å². The molecule has 0 atom stereocenters. The largest absolute Gasteiger partial charge is 0.322 e. The van der Waals surface area contributed by atoms with Crippen molar-refractivity contribution in [2.45, 2.75) is 34.6 Å². The van der Waals surface area contributed by atoms with Crippen LogP contribution in [0.2, 0.25) is 0 Å². The van der Waals surface area contributed by atoms with E-state index in [-0.39, 0.29) is 6.03 Å². The summed E-state index contributed by atoms with van der Waals surface area (Å²) >= 11 is 0. The van der Waals surface area contributed by atoms with Crippen molar-refractivity contribution in [3.63, 3.8) is 0 Å². The molecule has 2 rings (SSSR count). The Morgan fingerprint density at radius 2 is 1.62 bits per heavy atom. The summed E-state index contributed by atoms with van der Waals surface area (Å²) in [5, 5.41) is 2.94. The molecular formula is C17H31N3O. The third kappa shape index (κ3) is 7.14. The Balaban J connectivity index is 0.000000921. The molecule has 0 unspecified atom stereocenters. The van der Waals surface area contributed by atoms with Gasteiger partial charge in [0, 0.05) is 31.9 Å². The van der Waals surface area contributed by atoms with Crippen molar-refractivity contribution in [1.82, 2.24) is 9.80 Å². The fraction of sp³-hybridized carbons (Fsp3) is 0.588. The van der Waals surface area contributed by atoms with Crippen molar-refractivity contribution in [3.8, 4) is 0 Å². The number of aryl methyl sites for hydroxylation is 1. The van der Waals surface area contributed by atoms with Gasteiger partial charge < -0.3 is 15.1 Å². The van der Waals surface area contributed by atoms with Gasteiger partial charge >= 0.3 is 6.03 Å². The molecule has 1 fully saturated rings. The van der Waals surface area contributed by atoms with E-state index in [0.29, 0.717) is 0 Å². The number of nitrogens with zero attached hydrogens (tertiary/aromatic N) is 2. The SMILES string of the molecule is CC.CC.Cc1cccc(NC(=O)N2CCN(C)CC2)c1. The Morgan fingerprint density at radius 1 is 1.05 bits per heavy atom. The Labute approximate surface area is 130 Å². The molecule has 1 aromatic carbocycles. The molecule has 0 spiro atoms. The third-order valence-electron chi connectivity index (χ3n) is 3.06. The van der Waals surface area contributed by atoms with Gasteiger partial charge in [0.2, 0.25) is 0 Å². The third-order valence-corrected chi connectivity index (χ3v) is 3.06. The fourth-order valence-electron chi connectivity index (χ4n) is 1.93. The predicted octanol–water partition coefficient (Wildman–Crippen LogP) is 3.83. The summed E-state index contributed by atoms with van der Waals surface area (Å²) in [7, 11) is 2.08. The first-order chi connectivity index (χ1) is 10.1. The molecule has 0 aromatic heterocycles. The standard InChI is InChI=1S/C13H19N3O.2C2H6/c1-11-4-3-5-12(10-11)14-13(17)16-8-6-15(2)7-9-16;2*1-2/h3-5,10H,6-9H2,1-2H3,(H,14,17);2*1-2H3. The molecule has 2 amide bonds. The van der Waals surface area contributed by atoms with Gasteiger partial charge in [0.15, 0.2) is 0 Å². The lowest BCUT2D eigenvalue weighted by molar-refractivity contribution is 0.164. The first-order valence-corrected chi connectivity index (χ1v) is 7.96. The highest BCUT2D eigenvalue weighted by molar-refractivity contribution is 5.89. The Bertz CT molecular complexity index is 399. The normalized spacial score (nSPS) is 14.3. The minimum absolute atomic E-state index is 0.00343. The quantitative estimate of drug-likeness (QED) is 0.854. The number of hydrogen-bond acceptors (Lipinski definition) is 2. The Morgan fingerprint density at radius 3 is 2.14 bits per heavy atom. The smallest absolute Gasteiger partial charge is 0.321 e. The molecule has 1 saturated heterocycles. The lowest BCUT2D eigenvalue weighted by Crippen LogP contribution is -2.48. The molecule has 120 valence electrons. The lowest BCUT2D eigenvalue weighted by atomic mass is 10.2. The number of urea groups is 1. The molecule has 21 heavy (non-hydrogen) atoms. The summed E-state index contributed by atoms with van der Waals surface area (Å²) in [5.74, 6) is 0. The molecule has 1 heterocycles. The molecule has 1 aromatic rings. The van der Waals surface area contributed by atoms with Crippen LogP contribution in [0.1, 0.15) is 33.3 Å². The molecule has 4 heteroatoms. The number of piperazine rings is 1. The van der Waals surface area contributed by atoms with Gasteiger partial charge in [-0.15, -0.1) is 0 Å². The van der Waals surface area contributed by atoms with Crippen LogP contribution in [0.15, 0.2) is 24.3 Å². The van der Waals surface area contributed by atoms with Gasteiger partial charge in [-0.25, -0.2) is 4.79 Å². The van der Waals surface area contributed by atoms with Crippen LogP contribution in [0.25, 0.3) is 0 Å². The first kappa shape index (κ1) is 19.4. The van der Waals surface area contributed by atoms with Crippen LogP contribution >= 0.6 is 0 Å². The van der Waals surface area contributed by atoms with Gasteiger partial charge in [0.25, 0.3) is 0 Å². The molecule has 0 saturated carbocycles. The van der Waals surface area contributed by atoms with E-state index in [1.807, 2.05) is 63.8 Å². The van der Waals surface area contributed by atoms with Gasteiger partial charge in [-0.1, -0.05) is 39.8 Å². The summed E-state index contributed by atoms with van der Waals surface area (Å²) in [6.45, 7) is 13.5. The number of likely N-dealkylation sites (N-methyl/N-ethyl adjacent to an activating group) is 1. The highest BCUT2D eigenvalue weighted by atomic mass is 16.2. The predicted molar refractivity (Wildman–Crippen MR) is 92.0 cm³/mol. The van der Waals surface area contributed by atoms with Crippen molar-refractivity contribution < 1.29 is 4.79 Å². The van der Waals surface area contributed by atoms with Gasteiger partial charge in [-0.2, -0.15) is 0 Å². The van der Waals surface area contributed by atoms with Gasteiger partial charge in [-0.3, -0.25) is 0 Å². The van der Waals surface area contributed by atoms with Crippen LogP contribution in [0.5, 0.6) is 0 Å². The number of rotatable bonds is 1. The van der Waals surface area contributed by atoms with Crippen LogP contribution in [0.4, 0.5) is 10.5 Å². The summed E-state index contributed by atoms with van der Waals surface area (Å²) in [6, 6.07) is 7.87. The number of carbonyl (C=O) groups is 1. The number of anilines is 1. The second-order valence-electron chi connectivity index (χ2n) is 4.59. The van der Waals surface area contributed by atoms with E-state index in [4.69, 9.17) is 0 Å². The first-order valence-electron chi connectivity index (χ1n) is 7.96. The summed E-state index contributed by atoms with van der Waals surface area (Å²) in [5.41, 5.74) is 2.02. The van der Waals surface area contributed by atoms with Crippen LogP contribution < -0.4 is 5.32 Å². The number of amides is 2. The topological polar surface area (TPSA) is 35.6 Å². The Kier molecular flexibility index (Phi) is 10.3.